The number of fused-ring (bicyclic) bond motifs is 8. The van der Waals surface area contributed by atoms with Crippen molar-refractivity contribution in [3.05, 3.63) is 65.2 Å². The van der Waals surface area contributed by atoms with Crippen LogP contribution in [-0.2, 0) is 15.7 Å². The molecule has 2 heterocycles. The normalized spacial score (nSPS) is 21.9. The Morgan fingerprint density at radius 3 is 2.30 bits per heavy atom. The van der Waals surface area contributed by atoms with E-state index in [1.165, 1.54) is 46.1 Å². The van der Waals surface area contributed by atoms with E-state index in [0.717, 1.165) is 7.11 Å². The second-order valence-electron chi connectivity index (χ2n) is 8.00. The van der Waals surface area contributed by atoms with Crippen LogP contribution in [0.4, 0.5) is 0 Å². The van der Waals surface area contributed by atoms with Crippen LogP contribution in [0.2, 0.25) is 0 Å². The van der Waals surface area contributed by atoms with E-state index in [2.05, 4.69) is 80.8 Å². The number of para-hydroxylation sites is 1. The second-order valence-corrected chi connectivity index (χ2v) is 8.00. The van der Waals surface area contributed by atoms with Gasteiger partial charge >= 0.3 is 0 Å². The molecule has 3 aromatic rings. The van der Waals surface area contributed by atoms with Gasteiger partial charge in [0.05, 0.1) is 11.0 Å². The number of rotatable bonds is 1. The Hall–Kier alpha value is -2.52. The molecule has 0 saturated heterocycles. The van der Waals surface area contributed by atoms with Crippen molar-refractivity contribution in [3.63, 3.8) is 0 Å². The van der Waals surface area contributed by atoms with Gasteiger partial charge in [-0.05, 0) is 49.6 Å². The molecule has 2 aliphatic rings. The van der Waals surface area contributed by atoms with Gasteiger partial charge in [-0.2, -0.15) is 4.57 Å². The summed E-state index contributed by atoms with van der Waals surface area (Å²) in [6.07, 6.45) is 2.45. The molecule has 2 unspecified atom stereocenters. The smallest absolute Gasteiger partial charge is 0.213 e. The first-order valence-corrected chi connectivity index (χ1v) is 10.8. The molecule has 30 heavy (non-hydrogen) atoms. The molecule has 1 N–H and O–H groups in total. The summed E-state index contributed by atoms with van der Waals surface area (Å²) in [5, 5.41) is 8.34. The molecule has 1 aliphatic carbocycles. The molecule has 5 rings (SSSR count). The summed E-state index contributed by atoms with van der Waals surface area (Å²) in [5.41, 5.74) is 9.14. The molecule has 1 aliphatic heterocycles. The number of benzene rings is 2. The van der Waals surface area contributed by atoms with Crippen molar-refractivity contribution >= 4 is 17.7 Å². The Bertz CT molecular complexity index is 1040. The van der Waals surface area contributed by atoms with E-state index in [-0.39, 0.29) is 5.54 Å². The molecule has 0 amide bonds. The molecule has 3 heteroatoms. The SMILES string of the molecule is C=O.CC.CCC12CC1(C)[n+]1c(ccc3ccccc31)-c1cc(C)cc(C)c12.CO. The molecule has 0 spiro atoms. The summed E-state index contributed by atoms with van der Waals surface area (Å²) in [6, 6.07) is 18.2. The number of carbonyl (C=O) groups is 1. The van der Waals surface area contributed by atoms with E-state index >= 15 is 0 Å². The van der Waals surface area contributed by atoms with E-state index in [1.54, 1.807) is 5.56 Å². The Morgan fingerprint density at radius 1 is 1.03 bits per heavy atom. The fourth-order valence-corrected chi connectivity index (χ4v) is 5.63. The van der Waals surface area contributed by atoms with E-state index in [0.29, 0.717) is 5.41 Å². The third-order valence-corrected chi connectivity index (χ3v) is 6.72. The molecule has 0 bridgehead atoms. The van der Waals surface area contributed by atoms with Crippen LogP contribution in [0.5, 0.6) is 0 Å². The van der Waals surface area contributed by atoms with Crippen molar-refractivity contribution in [3.8, 4) is 11.3 Å². The lowest BCUT2D eigenvalue weighted by atomic mass is 9.78. The Kier molecular flexibility index (Phi) is 7.20. The summed E-state index contributed by atoms with van der Waals surface area (Å²) in [6.45, 7) is 15.4. The van der Waals surface area contributed by atoms with Crippen LogP contribution in [0.25, 0.3) is 22.2 Å². The van der Waals surface area contributed by atoms with Crippen LogP contribution in [0, 0.1) is 13.8 Å². The highest BCUT2D eigenvalue weighted by Gasteiger charge is 2.75. The van der Waals surface area contributed by atoms with Crippen LogP contribution in [0.3, 0.4) is 0 Å². The largest absolute Gasteiger partial charge is 0.400 e. The van der Waals surface area contributed by atoms with E-state index in [9.17, 15) is 0 Å². The standard InChI is InChI=1S/C23H24N.C2H6.CH4O.CH2O/c1-5-23-14-22(23,4)24-19-9-7-6-8-17(19)10-11-20(24)18-13-15(2)12-16(3)21(18)23;3*1-2/h6-13H,5,14H2,1-4H3;1-2H3;2H,1H3;1H2/q+1;;;. The molecule has 1 saturated carbocycles. The highest BCUT2D eigenvalue weighted by Crippen LogP contribution is 2.66. The van der Waals surface area contributed by atoms with Gasteiger partial charge in [-0.15, -0.1) is 0 Å². The first-order valence-electron chi connectivity index (χ1n) is 10.8. The lowest BCUT2D eigenvalue weighted by Gasteiger charge is -2.29. The summed E-state index contributed by atoms with van der Waals surface area (Å²) >= 11 is 0. The zero-order chi connectivity index (χ0) is 22.7. The maximum atomic E-state index is 8.00. The summed E-state index contributed by atoms with van der Waals surface area (Å²) in [4.78, 5) is 8.00. The first kappa shape index (κ1) is 23.8. The minimum absolute atomic E-state index is 0.199. The Labute approximate surface area is 181 Å². The molecular formula is C27H36NO2+. The fraction of sp³-hybridized carbons (Fsp3) is 0.407. The van der Waals surface area contributed by atoms with Crippen LogP contribution in [0.15, 0.2) is 48.5 Å². The molecule has 1 aromatic heterocycles. The topological polar surface area (TPSA) is 41.2 Å². The summed E-state index contributed by atoms with van der Waals surface area (Å²) in [5.74, 6) is 0. The predicted molar refractivity (Wildman–Crippen MR) is 126 cm³/mol. The van der Waals surface area contributed by atoms with Gasteiger partial charge < -0.3 is 9.90 Å². The van der Waals surface area contributed by atoms with Gasteiger partial charge in [-0.3, -0.25) is 0 Å². The van der Waals surface area contributed by atoms with Gasteiger partial charge in [0.25, 0.3) is 0 Å². The zero-order valence-corrected chi connectivity index (χ0v) is 19.5. The number of pyridine rings is 1. The summed E-state index contributed by atoms with van der Waals surface area (Å²) in [7, 11) is 1.00. The van der Waals surface area contributed by atoms with Gasteiger partial charge in [0.1, 0.15) is 6.79 Å². The highest BCUT2D eigenvalue weighted by molar-refractivity contribution is 5.80. The number of aromatic nitrogens is 1. The first-order chi connectivity index (χ1) is 14.5. The van der Waals surface area contributed by atoms with E-state index in [4.69, 9.17) is 9.90 Å². The van der Waals surface area contributed by atoms with Gasteiger partial charge in [0.15, 0.2) is 5.54 Å². The van der Waals surface area contributed by atoms with E-state index in [1.807, 2.05) is 20.6 Å². The third kappa shape index (κ3) is 3.16. The summed E-state index contributed by atoms with van der Waals surface area (Å²) < 4.78 is 2.65. The maximum Gasteiger partial charge on any atom is 0.213 e. The Morgan fingerprint density at radius 2 is 1.67 bits per heavy atom. The number of aliphatic hydroxyl groups excluding tert-OH is 1. The molecule has 2 atom stereocenters. The predicted octanol–water partition coefficient (Wildman–Crippen LogP) is 5.64. The van der Waals surface area contributed by atoms with Crippen molar-refractivity contribution in [1.82, 2.24) is 0 Å². The molecular weight excluding hydrogens is 370 g/mol. The molecule has 2 aromatic carbocycles. The van der Waals surface area contributed by atoms with Crippen molar-refractivity contribution in [2.45, 2.75) is 65.3 Å². The molecule has 0 radical (unpaired) electrons. The fourth-order valence-electron chi connectivity index (χ4n) is 5.63. The van der Waals surface area contributed by atoms with Crippen LogP contribution < -0.4 is 4.57 Å². The van der Waals surface area contributed by atoms with Crippen LogP contribution in [-0.4, -0.2) is 19.0 Å². The number of hydrogen-bond acceptors (Lipinski definition) is 2. The number of aliphatic hydroxyl groups is 1. The van der Waals surface area contributed by atoms with Crippen molar-refractivity contribution < 1.29 is 14.5 Å². The third-order valence-electron chi connectivity index (χ3n) is 6.72. The van der Waals surface area contributed by atoms with Crippen molar-refractivity contribution in [2.75, 3.05) is 7.11 Å². The Balaban J connectivity index is 0.000000493. The minimum atomic E-state index is 0.199. The van der Waals surface area contributed by atoms with Gasteiger partial charge in [-0.1, -0.05) is 44.5 Å². The molecule has 1 fully saturated rings. The van der Waals surface area contributed by atoms with E-state index < -0.39 is 0 Å². The second kappa shape index (κ2) is 9.09. The average molecular weight is 407 g/mol. The lowest BCUT2D eigenvalue weighted by Crippen LogP contribution is -2.54. The number of aryl methyl sites for hydroxylation is 2. The lowest BCUT2D eigenvalue weighted by molar-refractivity contribution is -0.707. The number of nitrogens with zero attached hydrogens (tertiary/aromatic N) is 1. The number of carbonyl (C=O) groups excluding carboxylic acids is 1. The minimum Gasteiger partial charge on any atom is -0.400 e. The van der Waals surface area contributed by atoms with Gasteiger partial charge in [0.2, 0.25) is 11.2 Å². The highest BCUT2D eigenvalue weighted by atomic mass is 16.2. The van der Waals surface area contributed by atoms with Gasteiger partial charge in [0, 0.05) is 38.0 Å². The molecule has 160 valence electrons. The van der Waals surface area contributed by atoms with Crippen LogP contribution in [0.1, 0.15) is 57.2 Å². The van der Waals surface area contributed by atoms with Crippen molar-refractivity contribution in [2.24, 2.45) is 0 Å². The van der Waals surface area contributed by atoms with Crippen molar-refractivity contribution in [1.29, 1.82) is 0 Å². The maximum absolute atomic E-state index is 8.00. The van der Waals surface area contributed by atoms with Gasteiger partial charge in [-0.25, -0.2) is 0 Å². The van der Waals surface area contributed by atoms with Crippen LogP contribution >= 0.6 is 0 Å². The number of hydrogen-bond donors (Lipinski definition) is 1. The monoisotopic (exact) mass is 406 g/mol. The quantitative estimate of drug-likeness (QED) is 0.531. The zero-order valence-electron chi connectivity index (χ0n) is 19.5. The average Bonchev–Trinajstić information content (AvgIpc) is 3.44. The molecule has 3 nitrogen and oxygen atoms in total.